The molecule has 40 heavy (non-hydrogen) atoms. The van der Waals surface area contributed by atoms with Crippen LogP contribution in [0.15, 0.2) is 82.2 Å². The molecule has 2 amide bonds. The lowest BCUT2D eigenvalue weighted by atomic mass is 10.1. The number of rotatable bonds is 10. The Hall–Kier alpha value is -3.17. The number of carbonyl (C=O) groups is 2. The number of benzene rings is 3. The molecule has 0 saturated heterocycles. The number of anilines is 1. The maximum Gasteiger partial charge on any atom is 0.264 e. The number of nitrogens with one attached hydrogen (secondary N) is 1. The van der Waals surface area contributed by atoms with Gasteiger partial charge in [0.2, 0.25) is 11.8 Å². The molecule has 1 atom stereocenters. The Balaban J connectivity index is 1.70. The van der Waals surface area contributed by atoms with Crippen LogP contribution in [0.5, 0.6) is 0 Å². The lowest BCUT2D eigenvalue weighted by molar-refractivity contribution is -0.139. The zero-order valence-electron chi connectivity index (χ0n) is 23.1. The number of amides is 2. The fraction of sp³-hybridized carbons (Fsp3) is 0.355. The largest absolute Gasteiger partial charge is 0.352 e. The second kappa shape index (κ2) is 13.0. The first-order valence-corrected chi connectivity index (χ1v) is 15.8. The fourth-order valence-electron chi connectivity index (χ4n) is 5.08. The van der Waals surface area contributed by atoms with E-state index in [1.54, 1.807) is 31.2 Å². The fourth-order valence-corrected chi connectivity index (χ4v) is 6.84. The van der Waals surface area contributed by atoms with Crippen molar-refractivity contribution in [3.63, 3.8) is 0 Å². The van der Waals surface area contributed by atoms with Crippen LogP contribution in [0, 0.1) is 13.8 Å². The van der Waals surface area contributed by atoms with E-state index >= 15 is 0 Å². The number of halogens is 1. The van der Waals surface area contributed by atoms with Gasteiger partial charge in [0, 0.05) is 17.1 Å². The van der Waals surface area contributed by atoms with Gasteiger partial charge in [-0.2, -0.15) is 0 Å². The van der Waals surface area contributed by atoms with Crippen molar-refractivity contribution in [2.24, 2.45) is 0 Å². The molecular formula is C31H36BrN3O4S. The molecule has 3 aromatic rings. The van der Waals surface area contributed by atoms with Gasteiger partial charge in [-0.15, -0.1) is 0 Å². The first-order valence-electron chi connectivity index (χ1n) is 13.6. The maximum absolute atomic E-state index is 14.1. The summed E-state index contributed by atoms with van der Waals surface area (Å²) in [6.07, 6.45) is 4.00. The normalized spacial score (nSPS) is 14.5. The molecule has 0 bridgehead atoms. The van der Waals surface area contributed by atoms with Crippen LogP contribution in [0.4, 0.5) is 5.69 Å². The third kappa shape index (κ3) is 7.12. The molecule has 212 valence electrons. The summed E-state index contributed by atoms with van der Waals surface area (Å²) >= 11 is 3.44. The summed E-state index contributed by atoms with van der Waals surface area (Å²) < 4.78 is 29.9. The van der Waals surface area contributed by atoms with Crippen molar-refractivity contribution in [1.82, 2.24) is 10.2 Å². The zero-order valence-corrected chi connectivity index (χ0v) is 25.5. The molecule has 0 aliphatic heterocycles. The third-order valence-corrected chi connectivity index (χ3v) is 9.67. The number of hydrogen-bond donors (Lipinski definition) is 1. The average molecular weight is 627 g/mol. The number of aryl methyl sites for hydroxylation is 2. The van der Waals surface area contributed by atoms with Gasteiger partial charge < -0.3 is 10.2 Å². The topological polar surface area (TPSA) is 86.8 Å². The molecular weight excluding hydrogens is 590 g/mol. The van der Waals surface area contributed by atoms with Crippen LogP contribution in [-0.2, 0) is 26.2 Å². The molecule has 3 aromatic carbocycles. The van der Waals surface area contributed by atoms with Gasteiger partial charge in [0.05, 0.1) is 10.6 Å². The van der Waals surface area contributed by atoms with Crippen LogP contribution >= 0.6 is 15.9 Å². The maximum atomic E-state index is 14.1. The van der Waals surface area contributed by atoms with Gasteiger partial charge in [0.1, 0.15) is 12.6 Å². The van der Waals surface area contributed by atoms with Gasteiger partial charge in [-0.3, -0.25) is 13.9 Å². The highest BCUT2D eigenvalue weighted by molar-refractivity contribution is 9.10. The van der Waals surface area contributed by atoms with E-state index in [1.807, 2.05) is 50.2 Å². The Kier molecular flexibility index (Phi) is 9.68. The molecule has 1 aliphatic rings. The predicted octanol–water partition coefficient (Wildman–Crippen LogP) is 5.74. The van der Waals surface area contributed by atoms with Crippen molar-refractivity contribution in [3.8, 4) is 0 Å². The lowest BCUT2D eigenvalue weighted by Crippen LogP contribution is -2.52. The Labute approximate surface area is 245 Å². The van der Waals surface area contributed by atoms with E-state index in [-0.39, 0.29) is 23.4 Å². The van der Waals surface area contributed by atoms with E-state index in [0.29, 0.717) is 5.69 Å². The van der Waals surface area contributed by atoms with Crippen molar-refractivity contribution in [2.45, 2.75) is 70.0 Å². The Morgan fingerprint density at radius 3 is 2.25 bits per heavy atom. The van der Waals surface area contributed by atoms with Gasteiger partial charge >= 0.3 is 0 Å². The summed E-state index contributed by atoms with van der Waals surface area (Å²) in [4.78, 5) is 28.9. The highest BCUT2D eigenvalue weighted by Crippen LogP contribution is 2.28. The molecule has 1 N–H and O–H groups in total. The minimum Gasteiger partial charge on any atom is -0.352 e. The smallest absolute Gasteiger partial charge is 0.264 e. The second-order valence-corrected chi connectivity index (χ2v) is 13.2. The average Bonchev–Trinajstić information content (AvgIpc) is 3.45. The standard InChI is InChI=1S/C31H36BrN3O4S/c1-22-13-18-29(23(2)19-22)35(40(38,39)28-11-5-4-6-12-28)21-30(36)34(20-25-14-16-26(32)17-15-25)24(3)31(37)33-27-9-7-8-10-27/h4-6,11-19,24,27H,7-10,20-21H2,1-3H3,(H,33,37). The van der Waals surface area contributed by atoms with Crippen LogP contribution in [0.25, 0.3) is 0 Å². The molecule has 0 aromatic heterocycles. The SMILES string of the molecule is Cc1ccc(N(CC(=O)N(Cc2ccc(Br)cc2)C(C)C(=O)NC2CCCC2)S(=O)(=O)c2ccccc2)c(C)c1. The van der Waals surface area contributed by atoms with Gasteiger partial charge in [-0.1, -0.05) is 76.8 Å². The Bertz CT molecular complexity index is 1440. The van der Waals surface area contributed by atoms with Gasteiger partial charge in [-0.05, 0) is 75.1 Å². The molecule has 0 heterocycles. The molecule has 0 radical (unpaired) electrons. The summed E-state index contributed by atoms with van der Waals surface area (Å²) in [6, 6.07) is 20.4. The molecule has 7 nitrogen and oxygen atoms in total. The number of hydrogen-bond acceptors (Lipinski definition) is 4. The summed E-state index contributed by atoms with van der Waals surface area (Å²) in [5.74, 6) is -0.696. The van der Waals surface area contributed by atoms with Crippen LogP contribution < -0.4 is 9.62 Å². The number of carbonyl (C=O) groups excluding carboxylic acids is 2. The van der Waals surface area contributed by atoms with E-state index in [2.05, 4.69) is 21.2 Å². The highest BCUT2D eigenvalue weighted by atomic mass is 79.9. The van der Waals surface area contributed by atoms with E-state index in [1.165, 1.54) is 17.0 Å². The monoisotopic (exact) mass is 625 g/mol. The summed E-state index contributed by atoms with van der Waals surface area (Å²) in [5.41, 5.74) is 2.98. The number of sulfonamides is 1. The van der Waals surface area contributed by atoms with Gasteiger partial charge in [0.25, 0.3) is 10.0 Å². The summed E-state index contributed by atoms with van der Waals surface area (Å²) in [7, 11) is -4.08. The third-order valence-electron chi connectivity index (χ3n) is 7.37. The van der Waals surface area contributed by atoms with Crippen LogP contribution in [0.1, 0.15) is 49.3 Å². The number of nitrogens with zero attached hydrogens (tertiary/aromatic N) is 2. The van der Waals surface area contributed by atoms with E-state index in [9.17, 15) is 18.0 Å². The highest BCUT2D eigenvalue weighted by Gasteiger charge is 2.33. The van der Waals surface area contributed by atoms with Crippen molar-refractivity contribution >= 4 is 43.5 Å². The lowest BCUT2D eigenvalue weighted by Gasteiger charge is -2.33. The minimum absolute atomic E-state index is 0.0919. The van der Waals surface area contributed by atoms with Gasteiger partial charge in [0.15, 0.2) is 0 Å². The first-order chi connectivity index (χ1) is 19.1. The first kappa shape index (κ1) is 29.8. The Morgan fingerprint density at radius 2 is 1.62 bits per heavy atom. The molecule has 4 rings (SSSR count). The molecule has 1 unspecified atom stereocenters. The van der Waals surface area contributed by atoms with Crippen molar-refractivity contribution in [1.29, 1.82) is 0 Å². The molecule has 1 aliphatic carbocycles. The minimum atomic E-state index is -4.08. The Morgan fingerprint density at radius 1 is 0.975 bits per heavy atom. The van der Waals surface area contributed by atoms with Gasteiger partial charge in [-0.25, -0.2) is 8.42 Å². The summed E-state index contributed by atoms with van der Waals surface area (Å²) in [5, 5.41) is 3.09. The van der Waals surface area contributed by atoms with Crippen molar-refractivity contribution in [2.75, 3.05) is 10.8 Å². The van der Waals surface area contributed by atoms with Crippen molar-refractivity contribution in [3.05, 3.63) is 94.0 Å². The van der Waals surface area contributed by atoms with Crippen LogP contribution in [0.2, 0.25) is 0 Å². The van der Waals surface area contributed by atoms with Crippen LogP contribution in [0.3, 0.4) is 0 Å². The zero-order chi connectivity index (χ0) is 28.9. The molecule has 0 spiro atoms. The molecule has 9 heteroatoms. The van der Waals surface area contributed by atoms with E-state index in [4.69, 9.17) is 0 Å². The molecule has 1 fully saturated rings. The predicted molar refractivity (Wildman–Crippen MR) is 161 cm³/mol. The summed E-state index contributed by atoms with van der Waals surface area (Å²) in [6.45, 7) is 5.19. The molecule has 1 saturated carbocycles. The van der Waals surface area contributed by atoms with Crippen LogP contribution in [-0.4, -0.2) is 43.8 Å². The second-order valence-electron chi connectivity index (χ2n) is 10.4. The van der Waals surface area contributed by atoms with Crippen molar-refractivity contribution < 1.29 is 18.0 Å². The van der Waals surface area contributed by atoms with E-state index < -0.39 is 28.5 Å². The van der Waals surface area contributed by atoms with E-state index in [0.717, 1.165) is 51.2 Å². The quantitative estimate of drug-likeness (QED) is 0.311.